The van der Waals surface area contributed by atoms with E-state index in [2.05, 4.69) is 5.32 Å². The van der Waals surface area contributed by atoms with Gasteiger partial charge in [0.2, 0.25) is 0 Å². The lowest BCUT2D eigenvalue weighted by Gasteiger charge is -2.25. The van der Waals surface area contributed by atoms with Gasteiger partial charge in [0.1, 0.15) is 0 Å². The topological polar surface area (TPSA) is 12.0 Å². The molecular formula is C13H17F2NS. The predicted molar refractivity (Wildman–Crippen MR) is 68.8 cm³/mol. The van der Waals surface area contributed by atoms with E-state index >= 15 is 0 Å². The van der Waals surface area contributed by atoms with Gasteiger partial charge in [-0.2, -0.15) is 8.78 Å². The number of nitrogens with one attached hydrogen (secondary N) is 1. The molecular weight excluding hydrogens is 240 g/mol. The number of hydrogen-bond acceptors (Lipinski definition) is 2. The largest absolute Gasteiger partial charge is 0.381 e. The Morgan fingerprint density at radius 2 is 1.82 bits per heavy atom. The molecule has 1 aromatic rings. The molecule has 1 nitrogen and oxygen atoms in total. The summed E-state index contributed by atoms with van der Waals surface area (Å²) in [6.07, 6.45) is 6.07. The van der Waals surface area contributed by atoms with E-state index in [1.165, 1.54) is 19.3 Å². The van der Waals surface area contributed by atoms with Gasteiger partial charge >= 0.3 is 0 Å². The zero-order chi connectivity index (χ0) is 12.1. The monoisotopic (exact) mass is 257 g/mol. The third kappa shape index (κ3) is 3.87. The summed E-state index contributed by atoms with van der Waals surface area (Å²) in [4.78, 5) is 0.646. The SMILES string of the molecule is FC(F)Sc1ccccc1NC1CCCCC1. The minimum atomic E-state index is -2.36. The Labute approximate surface area is 105 Å². The Bertz CT molecular complexity index is 351. The first kappa shape index (κ1) is 12.7. The molecule has 0 radical (unpaired) electrons. The van der Waals surface area contributed by atoms with E-state index in [0.29, 0.717) is 22.7 Å². The van der Waals surface area contributed by atoms with Crippen molar-refractivity contribution >= 4 is 17.4 Å². The number of para-hydroxylation sites is 1. The van der Waals surface area contributed by atoms with Gasteiger partial charge in [-0.15, -0.1) is 0 Å². The first-order valence-electron chi connectivity index (χ1n) is 6.06. The molecule has 2 rings (SSSR count). The van der Waals surface area contributed by atoms with Crippen LogP contribution in [-0.2, 0) is 0 Å². The third-order valence-corrected chi connectivity index (χ3v) is 3.86. The lowest BCUT2D eigenvalue weighted by atomic mass is 9.95. The Balaban J connectivity index is 2.03. The van der Waals surface area contributed by atoms with Crippen LogP contribution in [0.3, 0.4) is 0 Å². The van der Waals surface area contributed by atoms with Crippen molar-refractivity contribution in [1.82, 2.24) is 0 Å². The zero-order valence-electron chi connectivity index (χ0n) is 9.66. The summed E-state index contributed by atoms with van der Waals surface area (Å²) in [5.74, 6) is -2.36. The van der Waals surface area contributed by atoms with Gasteiger partial charge in [0.05, 0.1) is 0 Å². The maximum absolute atomic E-state index is 12.4. The molecule has 0 heterocycles. The summed E-state index contributed by atoms with van der Waals surface area (Å²) in [6, 6.07) is 7.78. The summed E-state index contributed by atoms with van der Waals surface area (Å²) in [6.45, 7) is 0. The van der Waals surface area contributed by atoms with Gasteiger partial charge in [0, 0.05) is 16.6 Å². The minimum absolute atomic E-state index is 0.447. The lowest BCUT2D eigenvalue weighted by Crippen LogP contribution is -2.22. The van der Waals surface area contributed by atoms with Crippen molar-refractivity contribution in [3.63, 3.8) is 0 Å². The van der Waals surface area contributed by atoms with Crippen molar-refractivity contribution in [3.05, 3.63) is 24.3 Å². The molecule has 1 aliphatic carbocycles. The number of halogens is 2. The highest BCUT2D eigenvalue weighted by Crippen LogP contribution is 2.33. The summed E-state index contributed by atoms with van der Waals surface area (Å²) >= 11 is 0.618. The molecule has 1 N–H and O–H groups in total. The molecule has 0 aliphatic heterocycles. The van der Waals surface area contributed by atoms with E-state index in [1.54, 1.807) is 12.1 Å². The molecule has 1 saturated carbocycles. The number of alkyl halides is 2. The highest BCUT2D eigenvalue weighted by atomic mass is 32.2. The van der Waals surface area contributed by atoms with Crippen LogP contribution in [-0.4, -0.2) is 11.8 Å². The van der Waals surface area contributed by atoms with Crippen molar-refractivity contribution in [3.8, 4) is 0 Å². The maximum atomic E-state index is 12.4. The molecule has 0 saturated heterocycles. The average Bonchev–Trinajstić information content (AvgIpc) is 2.32. The predicted octanol–water partition coefficient (Wildman–Crippen LogP) is 4.75. The van der Waals surface area contributed by atoms with Gasteiger partial charge in [0.25, 0.3) is 5.76 Å². The van der Waals surface area contributed by atoms with Crippen molar-refractivity contribution in [2.24, 2.45) is 0 Å². The van der Waals surface area contributed by atoms with E-state index in [9.17, 15) is 8.78 Å². The average molecular weight is 257 g/mol. The molecule has 0 amide bonds. The van der Waals surface area contributed by atoms with Crippen molar-refractivity contribution in [2.75, 3.05) is 5.32 Å². The van der Waals surface area contributed by atoms with E-state index < -0.39 is 5.76 Å². The fraction of sp³-hybridized carbons (Fsp3) is 0.538. The molecule has 0 spiro atoms. The second-order valence-electron chi connectivity index (χ2n) is 4.35. The van der Waals surface area contributed by atoms with Crippen LogP contribution in [0.15, 0.2) is 29.2 Å². The number of anilines is 1. The van der Waals surface area contributed by atoms with Gasteiger partial charge in [-0.05, 0) is 25.0 Å². The van der Waals surface area contributed by atoms with Crippen LogP contribution in [0.4, 0.5) is 14.5 Å². The molecule has 0 aromatic heterocycles. The highest BCUT2D eigenvalue weighted by Gasteiger charge is 2.15. The van der Waals surface area contributed by atoms with Crippen LogP contribution in [0.25, 0.3) is 0 Å². The number of hydrogen-bond donors (Lipinski definition) is 1. The van der Waals surface area contributed by atoms with E-state index in [4.69, 9.17) is 0 Å². The molecule has 94 valence electrons. The summed E-state index contributed by atoms with van der Waals surface area (Å²) in [5.41, 5.74) is 0.852. The molecule has 0 bridgehead atoms. The number of benzene rings is 1. The zero-order valence-corrected chi connectivity index (χ0v) is 10.5. The Morgan fingerprint density at radius 1 is 1.12 bits per heavy atom. The Morgan fingerprint density at radius 3 is 2.53 bits per heavy atom. The molecule has 4 heteroatoms. The van der Waals surface area contributed by atoms with E-state index in [1.807, 2.05) is 12.1 Å². The standard InChI is InChI=1S/C13H17F2NS/c14-13(15)17-12-9-5-4-8-11(12)16-10-6-2-1-3-7-10/h4-5,8-10,13,16H,1-3,6-7H2. The van der Waals surface area contributed by atoms with Crippen molar-refractivity contribution in [2.45, 2.75) is 48.8 Å². The second kappa shape index (κ2) is 6.24. The fourth-order valence-corrected chi connectivity index (χ4v) is 2.85. The summed E-state index contributed by atoms with van der Waals surface area (Å²) in [7, 11) is 0. The van der Waals surface area contributed by atoms with Gasteiger partial charge in [-0.3, -0.25) is 0 Å². The summed E-state index contributed by atoms with van der Waals surface area (Å²) in [5, 5.41) is 3.40. The van der Waals surface area contributed by atoms with E-state index in [-0.39, 0.29) is 0 Å². The first-order chi connectivity index (χ1) is 8.25. The molecule has 0 atom stereocenters. The van der Waals surface area contributed by atoms with Crippen molar-refractivity contribution in [1.29, 1.82) is 0 Å². The molecule has 1 aromatic carbocycles. The van der Waals surface area contributed by atoms with Gasteiger partial charge in [-0.25, -0.2) is 0 Å². The molecule has 17 heavy (non-hydrogen) atoms. The van der Waals surface area contributed by atoms with Crippen LogP contribution >= 0.6 is 11.8 Å². The number of thioether (sulfide) groups is 1. The van der Waals surface area contributed by atoms with Crippen LogP contribution in [0.2, 0.25) is 0 Å². The van der Waals surface area contributed by atoms with Crippen LogP contribution < -0.4 is 5.32 Å². The van der Waals surface area contributed by atoms with Gasteiger partial charge in [0.15, 0.2) is 0 Å². The molecule has 1 fully saturated rings. The normalized spacial score (nSPS) is 17.4. The summed E-state index contributed by atoms with van der Waals surface area (Å²) < 4.78 is 24.8. The molecule has 0 unspecified atom stereocenters. The van der Waals surface area contributed by atoms with Crippen LogP contribution in [0.1, 0.15) is 32.1 Å². The Kier molecular flexibility index (Phi) is 4.66. The quantitative estimate of drug-likeness (QED) is 0.781. The van der Waals surface area contributed by atoms with Gasteiger partial charge < -0.3 is 5.32 Å². The number of rotatable bonds is 4. The third-order valence-electron chi connectivity index (χ3n) is 3.07. The maximum Gasteiger partial charge on any atom is 0.288 e. The highest BCUT2D eigenvalue weighted by molar-refractivity contribution is 7.99. The minimum Gasteiger partial charge on any atom is -0.381 e. The van der Waals surface area contributed by atoms with Crippen molar-refractivity contribution < 1.29 is 8.78 Å². The smallest absolute Gasteiger partial charge is 0.288 e. The fourth-order valence-electron chi connectivity index (χ4n) is 2.25. The lowest BCUT2D eigenvalue weighted by molar-refractivity contribution is 0.252. The molecule has 1 aliphatic rings. The second-order valence-corrected chi connectivity index (χ2v) is 5.39. The van der Waals surface area contributed by atoms with Crippen LogP contribution in [0.5, 0.6) is 0 Å². The Hall–Kier alpha value is -0.770. The first-order valence-corrected chi connectivity index (χ1v) is 6.94. The van der Waals surface area contributed by atoms with E-state index in [0.717, 1.165) is 18.5 Å². The van der Waals surface area contributed by atoms with Crippen LogP contribution in [0, 0.1) is 0 Å². The van der Waals surface area contributed by atoms with Gasteiger partial charge in [-0.1, -0.05) is 43.2 Å².